The van der Waals surface area contributed by atoms with Gasteiger partial charge in [-0.25, -0.2) is 4.99 Å². The van der Waals surface area contributed by atoms with E-state index in [4.69, 9.17) is 0 Å². The van der Waals surface area contributed by atoms with Gasteiger partial charge in [0.1, 0.15) is 6.54 Å². The number of amidine groups is 1. The highest BCUT2D eigenvalue weighted by atomic mass is 32.2. The van der Waals surface area contributed by atoms with E-state index in [-0.39, 0.29) is 12.5 Å². The first-order valence-corrected chi connectivity index (χ1v) is 9.86. The Morgan fingerprint density at radius 1 is 1.17 bits per heavy atom. The normalized spacial score (nSPS) is 17.0. The zero-order chi connectivity index (χ0) is 20.5. The van der Waals surface area contributed by atoms with Gasteiger partial charge in [-0.1, -0.05) is 35.9 Å². The van der Waals surface area contributed by atoms with Crippen molar-refractivity contribution in [3.63, 3.8) is 0 Å². The molecule has 29 heavy (non-hydrogen) atoms. The third-order valence-electron chi connectivity index (χ3n) is 4.67. The van der Waals surface area contributed by atoms with Gasteiger partial charge in [-0.05, 0) is 43.0 Å². The molecule has 1 aliphatic heterocycles. The molecule has 0 saturated carbocycles. The van der Waals surface area contributed by atoms with Crippen LogP contribution in [0.1, 0.15) is 11.1 Å². The Hall–Kier alpha value is -3.32. The van der Waals surface area contributed by atoms with E-state index in [9.17, 15) is 14.7 Å². The predicted molar refractivity (Wildman–Crippen MR) is 116 cm³/mol. The van der Waals surface area contributed by atoms with Crippen molar-refractivity contribution in [1.29, 1.82) is 0 Å². The van der Waals surface area contributed by atoms with E-state index in [0.717, 1.165) is 27.7 Å². The first-order chi connectivity index (χ1) is 13.9. The van der Waals surface area contributed by atoms with Crippen molar-refractivity contribution in [2.24, 2.45) is 4.99 Å². The standard InChI is InChI=1S/C22H19N3O3S/c1-14-7-9-16(10-8-14)23-22-24(2)21(28)19(29-22)11-15-12-25(13-20(26)27)18-6-4-3-5-17(15)18/h3-12H,13H2,1-2H3,(H,26,27)/b19-11+,23-22?. The molecule has 0 atom stereocenters. The lowest BCUT2D eigenvalue weighted by atomic mass is 10.1. The topological polar surface area (TPSA) is 74.9 Å². The van der Waals surface area contributed by atoms with Crippen LogP contribution in [0, 0.1) is 6.92 Å². The average Bonchev–Trinajstić information content (AvgIpc) is 3.16. The van der Waals surface area contributed by atoms with Crippen LogP contribution in [0.4, 0.5) is 5.69 Å². The molecule has 2 heterocycles. The molecular weight excluding hydrogens is 386 g/mol. The fourth-order valence-corrected chi connectivity index (χ4v) is 4.17. The zero-order valence-corrected chi connectivity index (χ0v) is 16.8. The van der Waals surface area contributed by atoms with E-state index >= 15 is 0 Å². The minimum Gasteiger partial charge on any atom is -0.480 e. The van der Waals surface area contributed by atoms with Gasteiger partial charge in [0, 0.05) is 29.7 Å². The number of aromatic nitrogens is 1. The van der Waals surface area contributed by atoms with E-state index in [1.54, 1.807) is 17.8 Å². The van der Waals surface area contributed by atoms with E-state index in [1.165, 1.54) is 16.7 Å². The number of rotatable bonds is 4. The number of carboxylic acid groups (broad SMARTS) is 1. The second-order valence-electron chi connectivity index (χ2n) is 6.83. The summed E-state index contributed by atoms with van der Waals surface area (Å²) in [5, 5.41) is 10.7. The molecule has 1 amide bonds. The van der Waals surface area contributed by atoms with E-state index in [1.807, 2.05) is 61.5 Å². The molecule has 0 bridgehead atoms. The fraction of sp³-hybridized carbons (Fsp3) is 0.136. The first-order valence-electron chi connectivity index (χ1n) is 9.05. The van der Waals surface area contributed by atoms with Crippen molar-refractivity contribution in [2.45, 2.75) is 13.5 Å². The molecule has 3 aromatic rings. The number of carbonyl (C=O) groups excluding carboxylic acids is 1. The molecule has 0 radical (unpaired) electrons. The Balaban J connectivity index is 1.71. The number of nitrogens with zero attached hydrogens (tertiary/aromatic N) is 3. The third-order valence-corrected chi connectivity index (χ3v) is 5.73. The number of aliphatic imine (C=N–C) groups is 1. The van der Waals surface area contributed by atoms with Crippen molar-refractivity contribution in [2.75, 3.05) is 7.05 Å². The molecule has 0 unspecified atom stereocenters. The number of hydrogen-bond acceptors (Lipinski definition) is 4. The van der Waals surface area contributed by atoms with Crippen LogP contribution in [0.2, 0.25) is 0 Å². The summed E-state index contributed by atoms with van der Waals surface area (Å²) in [5.41, 5.74) is 3.56. The number of aryl methyl sites for hydroxylation is 1. The summed E-state index contributed by atoms with van der Waals surface area (Å²) in [6, 6.07) is 15.4. The number of para-hydroxylation sites is 1. The number of carboxylic acids is 1. The highest BCUT2D eigenvalue weighted by molar-refractivity contribution is 8.18. The molecule has 1 aliphatic rings. The van der Waals surface area contributed by atoms with Gasteiger partial charge < -0.3 is 9.67 Å². The summed E-state index contributed by atoms with van der Waals surface area (Å²) in [4.78, 5) is 30.6. The van der Waals surface area contributed by atoms with Gasteiger partial charge in [-0.3, -0.25) is 14.5 Å². The molecule has 4 rings (SSSR count). The number of benzene rings is 2. The SMILES string of the molecule is Cc1ccc(N=C2S/C(=C/c3cn(CC(=O)O)c4ccccc34)C(=O)N2C)cc1. The molecule has 146 valence electrons. The van der Waals surface area contributed by atoms with Gasteiger partial charge in [-0.2, -0.15) is 0 Å². The molecular formula is C22H19N3O3S. The van der Waals surface area contributed by atoms with Gasteiger partial charge in [0.2, 0.25) is 0 Å². The molecule has 6 nitrogen and oxygen atoms in total. The second kappa shape index (κ2) is 7.60. The minimum atomic E-state index is -0.913. The van der Waals surface area contributed by atoms with Gasteiger partial charge in [0.05, 0.1) is 10.6 Å². The monoisotopic (exact) mass is 405 g/mol. The Morgan fingerprint density at radius 2 is 1.90 bits per heavy atom. The Bertz CT molecular complexity index is 1180. The number of fused-ring (bicyclic) bond motifs is 1. The number of amides is 1. The second-order valence-corrected chi connectivity index (χ2v) is 7.84. The summed E-state index contributed by atoms with van der Waals surface area (Å²) in [5.74, 6) is -1.04. The lowest BCUT2D eigenvalue weighted by Crippen LogP contribution is -2.23. The summed E-state index contributed by atoms with van der Waals surface area (Å²) in [7, 11) is 1.71. The Kier molecular flexibility index (Phi) is 4.98. The Labute approximate surface area is 172 Å². The van der Waals surface area contributed by atoms with Crippen LogP contribution in [0.15, 0.2) is 64.6 Å². The van der Waals surface area contributed by atoms with Gasteiger partial charge in [0.15, 0.2) is 5.17 Å². The first kappa shape index (κ1) is 19.0. The van der Waals surface area contributed by atoms with Crippen LogP contribution in [0.3, 0.4) is 0 Å². The quantitative estimate of drug-likeness (QED) is 0.658. The van der Waals surface area contributed by atoms with Crippen LogP contribution in [-0.4, -0.2) is 38.7 Å². The highest BCUT2D eigenvalue weighted by Crippen LogP contribution is 2.34. The molecule has 1 saturated heterocycles. The van der Waals surface area contributed by atoms with Crippen LogP contribution in [-0.2, 0) is 16.1 Å². The highest BCUT2D eigenvalue weighted by Gasteiger charge is 2.30. The van der Waals surface area contributed by atoms with Crippen molar-refractivity contribution in [3.8, 4) is 0 Å². The van der Waals surface area contributed by atoms with Crippen molar-refractivity contribution in [3.05, 3.63) is 70.8 Å². The Morgan fingerprint density at radius 3 is 2.62 bits per heavy atom. The van der Waals surface area contributed by atoms with Crippen LogP contribution < -0.4 is 0 Å². The number of carbonyl (C=O) groups is 2. The smallest absolute Gasteiger partial charge is 0.323 e. The molecule has 0 aliphatic carbocycles. The van der Waals surface area contributed by atoms with Gasteiger partial charge >= 0.3 is 5.97 Å². The minimum absolute atomic E-state index is 0.129. The van der Waals surface area contributed by atoms with E-state index in [0.29, 0.717) is 10.1 Å². The largest absolute Gasteiger partial charge is 0.480 e. The number of hydrogen-bond donors (Lipinski definition) is 1. The van der Waals surface area contributed by atoms with Crippen molar-refractivity contribution >= 4 is 51.5 Å². The van der Waals surface area contributed by atoms with E-state index < -0.39 is 5.97 Å². The number of thioether (sulfide) groups is 1. The van der Waals surface area contributed by atoms with Gasteiger partial charge in [0.25, 0.3) is 5.91 Å². The fourth-order valence-electron chi connectivity index (χ4n) is 3.19. The maximum Gasteiger partial charge on any atom is 0.323 e. The summed E-state index contributed by atoms with van der Waals surface area (Å²) in [6.45, 7) is 1.88. The number of likely N-dealkylation sites (N-methyl/N-ethyl adjacent to an activating group) is 1. The molecule has 1 aromatic heterocycles. The molecule has 1 N–H and O–H groups in total. The van der Waals surface area contributed by atoms with Crippen LogP contribution in [0.25, 0.3) is 17.0 Å². The third kappa shape index (κ3) is 3.82. The number of aliphatic carboxylic acids is 1. The van der Waals surface area contributed by atoms with Gasteiger partial charge in [-0.15, -0.1) is 0 Å². The molecule has 0 spiro atoms. The predicted octanol–water partition coefficient (Wildman–Crippen LogP) is 4.27. The van der Waals surface area contributed by atoms with Crippen molar-refractivity contribution in [1.82, 2.24) is 9.47 Å². The van der Waals surface area contributed by atoms with Crippen molar-refractivity contribution < 1.29 is 14.7 Å². The lowest BCUT2D eigenvalue weighted by molar-refractivity contribution is -0.137. The molecule has 7 heteroatoms. The maximum atomic E-state index is 12.7. The maximum absolute atomic E-state index is 12.7. The molecule has 2 aromatic carbocycles. The van der Waals surface area contributed by atoms with Crippen LogP contribution >= 0.6 is 11.8 Å². The lowest BCUT2D eigenvalue weighted by Gasteiger charge is -2.07. The summed E-state index contributed by atoms with van der Waals surface area (Å²) in [6.07, 6.45) is 3.58. The van der Waals surface area contributed by atoms with E-state index in [2.05, 4.69) is 4.99 Å². The summed E-state index contributed by atoms with van der Waals surface area (Å²) >= 11 is 1.31. The van der Waals surface area contributed by atoms with Crippen LogP contribution in [0.5, 0.6) is 0 Å². The zero-order valence-electron chi connectivity index (χ0n) is 16.0. The summed E-state index contributed by atoms with van der Waals surface area (Å²) < 4.78 is 1.68. The average molecular weight is 405 g/mol. The molecule has 1 fully saturated rings.